The van der Waals surface area contributed by atoms with Crippen LogP contribution in [0, 0.1) is 0 Å². The van der Waals surface area contributed by atoms with Gasteiger partial charge in [0.25, 0.3) is 5.91 Å². The number of anilines is 1. The Bertz CT molecular complexity index is 979. The number of thiazole rings is 1. The number of nitrogens with one attached hydrogen (secondary N) is 1. The molecule has 148 valence electrons. The molecular formula is C17H13F4N3O3S. The smallest absolute Gasteiger partial charge is 0.340 e. The van der Waals surface area contributed by atoms with Crippen molar-refractivity contribution >= 4 is 32.6 Å². The highest BCUT2D eigenvalue weighted by Gasteiger charge is 2.41. The quantitative estimate of drug-likeness (QED) is 0.585. The Kier molecular flexibility index (Phi) is 5.63. The van der Waals surface area contributed by atoms with Crippen molar-refractivity contribution < 1.29 is 31.8 Å². The lowest BCUT2D eigenvalue weighted by Gasteiger charge is -2.15. The fourth-order valence-electron chi connectivity index (χ4n) is 2.09. The largest absolute Gasteiger partial charge is 0.497 e. The highest BCUT2D eigenvalue weighted by atomic mass is 32.1. The molecule has 0 aliphatic carbocycles. The molecule has 0 unspecified atom stereocenters. The van der Waals surface area contributed by atoms with Crippen LogP contribution in [0.5, 0.6) is 11.6 Å². The second kappa shape index (κ2) is 7.97. The minimum absolute atomic E-state index is 0.116. The lowest BCUT2D eigenvalue weighted by molar-refractivity contribution is -0.148. The van der Waals surface area contributed by atoms with Crippen LogP contribution in [0.4, 0.5) is 22.7 Å². The predicted octanol–water partition coefficient (Wildman–Crippen LogP) is 4.23. The molecule has 1 aromatic carbocycles. The summed E-state index contributed by atoms with van der Waals surface area (Å²) in [6.45, 7) is -1.52. The fourth-order valence-corrected chi connectivity index (χ4v) is 2.98. The minimum atomic E-state index is -4.28. The molecule has 0 bridgehead atoms. The van der Waals surface area contributed by atoms with E-state index in [1.807, 2.05) is 0 Å². The minimum Gasteiger partial charge on any atom is -0.497 e. The van der Waals surface area contributed by atoms with Gasteiger partial charge in [0.2, 0.25) is 5.88 Å². The van der Waals surface area contributed by atoms with Crippen LogP contribution in [0.15, 0.2) is 36.5 Å². The number of rotatable bonds is 7. The van der Waals surface area contributed by atoms with Crippen LogP contribution in [0.1, 0.15) is 10.4 Å². The van der Waals surface area contributed by atoms with Gasteiger partial charge in [0.1, 0.15) is 5.75 Å². The summed E-state index contributed by atoms with van der Waals surface area (Å²) in [5.41, 5.74) is 0.799. The third-order valence-corrected chi connectivity index (χ3v) is 4.48. The van der Waals surface area contributed by atoms with Crippen LogP contribution < -0.4 is 14.8 Å². The number of benzene rings is 1. The monoisotopic (exact) mass is 415 g/mol. The van der Waals surface area contributed by atoms with Gasteiger partial charge < -0.3 is 9.47 Å². The van der Waals surface area contributed by atoms with Gasteiger partial charge in [-0.15, -0.1) is 0 Å². The Morgan fingerprint density at radius 1 is 1.29 bits per heavy atom. The zero-order valence-electron chi connectivity index (χ0n) is 14.3. The Morgan fingerprint density at radius 3 is 2.71 bits per heavy atom. The van der Waals surface area contributed by atoms with Crippen molar-refractivity contribution in [3.8, 4) is 11.6 Å². The van der Waals surface area contributed by atoms with Gasteiger partial charge in [-0.25, -0.2) is 18.7 Å². The van der Waals surface area contributed by atoms with Crippen molar-refractivity contribution in [1.82, 2.24) is 9.97 Å². The van der Waals surface area contributed by atoms with Crippen molar-refractivity contribution in [2.24, 2.45) is 0 Å². The molecular weight excluding hydrogens is 402 g/mol. The molecule has 0 spiro atoms. The van der Waals surface area contributed by atoms with Crippen molar-refractivity contribution in [3.05, 3.63) is 42.1 Å². The number of amides is 1. The van der Waals surface area contributed by atoms with Gasteiger partial charge in [0.05, 0.1) is 22.9 Å². The van der Waals surface area contributed by atoms with Crippen LogP contribution in [-0.4, -0.2) is 41.9 Å². The number of ether oxygens (including phenoxy) is 2. The van der Waals surface area contributed by atoms with Crippen molar-refractivity contribution in [1.29, 1.82) is 0 Å². The summed E-state index contributed by atoms with van der Waals surface area (Å²) in [7, 11) is 1.54. The maximum absolute atomic E-state index is 12.8. The second-order valence-electron chi connectivity index (χ2n) is 5.54. The van der Waals surface area contributed by atoms with E-state index in [-0.39, 0.29) is 11.4 Å². The van der Waals surface area contributed by atoms with E-state index in [2.05, 4.69) is 20.0 Å². The van der Waals surface area contributed by atoms with E-state index >= 15 is 0 Å². The van der Waals surface area contributed by atoms with Crippen LogP contribution in [0.2, 0.25) is 0 Å². The molecule has 0 fully saturated rings. The Hall–Kier alpha value is -2.95. The first-order valence-electron chi connectivity index (χ1n) is 7.79. The molecule has 0 aliphatic heterocycles. The third kappa shape index (κ3) is 4.47. The number of carbonyl (C=O) groups is 1. The predicted molar refractivity (Wildman–Crippen MR) is 94.8 cm³/mol. The van der Waals surface area contributed by atoms with Gasteiger partial charge >= 0.3 is 12.3 Å². The molecule has 0 aliphatic rings. The summed E-state index contributed by atoms with van der Waals surface area (Å²) < 4.78 is 60.4. The lowest BCUT2D eigenvalue weighted by Crippen LogP contribution is -2.33. The average molecular weight is 415 g/mol. The second-order valence-corrected chi connectivity index (χ2v) is 6.57. The first-order chi connectivity index (χ1) is 13.3. The SMILES string of the molecule is COc1ccc2nc(NC(=O)c3ccc(OCC(F)(F)C(F)F)nc3)sc2c1. The molecule has 3 aromatic rings. The van der Waals surface area contributed by atoms with Gasteiger partial charge in [-0.3, -0.25) is 10.1 Å². The number of nitrogens with zero attached hydrogens (tertiary/aromatic N) is 2. The fraction of sp³-hybridized carbons (Fsp3) is 0.235. The number of fused-ring (bicyclic) bond motifs is 1. The van der Waals surface area contributed by atoms with Crippen molar-refractivity contribution in [2.45, 2.75) is 12.3 Å². The standard InChI is InChI=1S/C17H13F4N3O3S/c1-26-10-3-4-11-12(6-10)28-16(23-11)24-14(25)9-2-5-13(22-7-9)27-8-17(20,21)15(18)19/h2-7,15H,8H2,1H3,(H,23,24,25). The summed E-state index contributed by atoms with van der Waals surface area (Å²) >= 11 is 1.24. The summed E-state index contributed by atoms with van der Waals surface area (Å²) in [6.07, 6.45) is -2.76. The van der Waals surface area contributed by atoms with E-state index in [4.69, 9.17) is 4.74 Å². The number of alkyl halides is 4. The summed E-state index contributed by atoms with van der Waals surface area (Å²) in [5, 5.41) is 2.96. The maximum atomic E-state index is 12.8. The molecule has 28 heavy (non-hydrogen) atoms. The van der Waals surface area contributed by atoms with E-state index in [0.29, 0.717) is 16.4 Å². The molecule has 1 amide bonds. The number of methoxy groups -OCH3 is 1. The molecule has 0 atom stereocenters. The normalized spacial score (nSPS) is 11.6. The molecule has 6 nitrogen and oxygen atoms in total. The number of pyridine rings is 1. The summed E-state index contributed by atoms with van der Waals surface area (Å²) in [4.78, 5) is 20.2. The highest BCUT2D eigenvalue weighted by molar-refractivity contribution is 7.22. The molecule has 0 radical (unpaired) electrons. The summed E-state index contributed by atoms with van der Waals surface area (Å²) in [6, 6.07) is 7.69. The summed E-state index contributed by atoms with van der Waals surface area (Å²) in [5.74, 6) is -4.45. The number of hydrogen-bond donors (Lipinski definition) is 1. The molecule has 2 aromatic heterocycles. The van der Waals surface area contributed by atoms with Crippen LogP contribution >= 0.6 is 11.3 Å². The highest BCUT2D eigenvalue weighted by Crippen LogP contribution is 2.29. The zero-order chi connectivity index (χ0) is 20.3. The van der Waals surface area contributed by atoms with Crippen molar-refractivity contribution in [2.75, 3.05) is 19.0 Å². The maximum Gasteiger partial charge on any atom is 0.340 e. The molecule has 1 N–H and O–H groups in total. The van der Waals surface area contributed by atoms with Gasteiger partial charge in [0.15, 0.2) is 11.7 Å². The molecule has 0 saturated heterocycles. The number of aromatic nitrogens is 2. The first-order valence-corrected chi connectivity index (χ1v) is 8.61. The van der Waals surface area contributed by atoms with E-state index in [1.54, 1.807) is 25.3 Å². The molecule has 3 rings (SSSR count). The third-order valence-electron chi connectivity index (χ3n) is 3.55. The van der Waals surface area contributed by atoms with E-state index < -0.39 is 24.9 Å². The van der Waals surface area contributed by atoms with Gasteiger partial charge in [-0.1, -0.05) is 11.3 Å². The lowest BCUT2D eigenvalue weighted by atomic mass is 10.3. The van der Waals surface area contributed by atoms with E-state index in [9.17, 15) is 22.4 Å². The Labute approximate surface area is 160 Å². The van der Waals surface area contributed by atoms with Crippen LogP contribution in [0.25, 0.3) is 10.2 Å². The Balaban J connectivity index is 1.64. The van der Waals surface area contributed by atoms with E-state index in [1.165, 1.54) is 17.4 Å². The van der Waals surface area contributed by atoms with Crippen LogP contribution in [0.3, 0.4) is 0 Å². The van der Waals surface area contributed by atoms with Gasteiger partial charge in [-0.2, -0.15) is 8.78 Å². The van der Waals surface area contributed by atoms with Gasteiger partial charge in [0, 0.05) is 12.3 Å². The first kappa shape index (κ1) is 19.8. The molecule has 2 heterocycles. The number of carbonyl (C=O) groups excluding carboxylic acids is 1. The Morgan fingerprint density at radius 2 is 2.07 bits per heavy atom. The number of halogens is 4. The van der Waals surface area contributed by atoms with Gasteiger partial charge in [-0.05, 0) is 24.3 Å². The molecule has 11 heteroatoms. The van der Waals surface area contributed by atoms with Crippen molar-refractivity contribution in [3.63, 3.8) is 0 Å². The zero-order valence-corrected chi connectivity index (χ0v) is 15.1. The van der Waals surface area contributed by atoms with Crippen LogP contribution in [-0.2, 0) is 0 Å². The topological polar surface area (TPSA) is 73.3 Å². The van der Waals surface area contributed by atoms with E-state index in [0.717, 1.165) is 17.0 Å². The molecule has 0 saturated carbocycles. The average Bonchev–Trinajstić information content (AvgIpc) is 3.07. The number of hydrogen-bond acceptors (Lipinski definition) is 6.